The molecule has 4 heterocycles. The summed E-state index contributed by atoms with van der Waals surface area (Å²) in [5.74, 6) is -1.89. The number of anilines is 2. The molecule has 0 aliphatic carbocycles. The van der Waals surface area contributed by atoms with E-state index in [0.29, 0.717) is 9.13 Å². The van der Waals surface area contributed by atoms with Crippen molar-refractivity contribution in [1.29, 1.82) is 5.41 Å². The van der Waals surface area contributed by atoms with Gasteiger partial charge in [0.1, 0.15) is 48.0 Å². The van der Waals surface area contributed by atoms with Crippen LogP contribution in [0.4, 0.5) is 11.6 Å². The molecule has 2 aliphatic rings. The molecular weight excluding hydrogens is 500 g/mol. The predicted octanol–water partition coefficient (Wildman–Crippen LogP) is -6.50. The van der Waals surface area contributed by atoms with E-state index < -0.39 is 78.0 Å². The van der Waals surface area contributed by atoms with Crippen molar-refractivity contribution in [1.82, 2.24) is 19.1 Å². The second-order valence-corrected chi connectivity index (χ2v) is 8.59. The van der Waals surface area contributed by atoms with Crippen LogP contribution >= 0.6 is 0 Å². The van der Waals surface area contributed by atoms with Crippen LogP contribution in [0.3, 0.4) is 0 Å². The molecule has 0 unspecified atom stereocenters. The molecule has 0 saturated carbocycles. The van der Waals surface area contributed by atoms with E-state index in [4.69, 9.17) is 32.1 Å². The largest absolute Gasteiger partial charge is 0.394 e. The van der Waals surface area contributed by atoms with Crippen LogP contribution in [0.25, 0.3) is 0 Å². The second-order valence-electron chi connectivity index (χ2n) is 8.59. The first kappa shape index (κ1) is 26.6. The predicted molar refractivity (Wildman–Crippen MR) is 121 cm³/mol. The van der Waals surface area contributed by atoms with E-state index in [2.05, 4.69) is 9.97 Å². The lowest BCUT2D eigenvalue weighted by molar-refractivity contribution is -0.338. The SMILES string of the molecule is N=C(N)[C@@]1(O)[C@H](O)[C@@H](CO)O[C@]1(n1ccc(N)nc1=O)[C@@]1(n2ccc(N)nc2=O)O[C@H](CO)[C@@H](O)[C@H]1O. The van der Waals surface area contributed by atoms with Crippen LogP contribution in [0.2, 0.25) is 0 Å². The number of ether oxygens (including phenoxy) is 2. The van der Waals surface area contributed by atoms with Crippen molar-refractivity contribution in [2.24, 2.45) is 5.73 Å². The Morgan fingerprint density at radius 3 is 1.89 bits per heavy atom. The minimum absolute atomic E-state index is 0.300. The fraction of sp³-hybridized carbons (Fsp3) is 0.526. The highest BCUT2D eigenvalue weighted by molar-refractivity contribution is 5.88. The van der Waals surface area contributed by atoms with Crippen LogP contribution in [0.5, 0.6) is 0 Å². The van der Waals surface area contributed by atoms with Crippen molar-refractivity contribution in [2.45, 2.75) is 47.6 Å². The quantitative estimate of drug-likeness (QED) is 0.123. The molecule has 0 amide bonds. The monoisotopic (exact) mass is 526 g/mol. The number of nitrogens with two attached hydrogens (primary N) is 3. The normalized spacial score (nSPS) is 37.6. The lowest BCUT2D eigenvalue weighted by Gasteiger charge is -2.52. The Hall–Kier alpha value is -3.49. The van der Waals surface area contributed by atoms with Gasteiger partial charge in [-0.15, -0.1) is 0 Å². The maximum absolute atomic E-state index is 13.2. The van der Waals surface area contributed by atoms with E-state index in [-0.39, 0.29) is 11.6 Å². The second kappa shape index (κ2) is 8.82. The van der Waals surface area contributed by atoms with Crippen LogP contribution in [0, 0.1) is 5.41 Å². The molecule has 2 aliphatic heterocycles. The summed E-state index contributed by atoms with van der Waals surface area (Å²) in [6.07, 6.45) is -8.43. The van der Waals surface area contributed by atoms with Gasteiger partial charge < -0.3 is 57.3 Å². The van der Waals surface area contributed by atoms with Gasteiger partial charge in [-0.3, -0.25) is 14.5 Å². The van der Waals surface area contributed by atoms with Crippen molar-refractivity contribution in [2.75, 3.05) is 24.7 Å². The third-order valence-electron chi connectivity index (χ3n) is 6.66. The van der Waals surface area contributed by atoms with Gasteiger partial charge in [0.25, 0.3) is 0 Å². The van der Waals surface area contributed by atoms with Crippen molar-refractivity contribution in [3.8, 4) is 0 Å². The zero-order valence-electron chi connectivity index (χ0n) is 18.9. The number of amidine groups is 1. The maximum atomic E-state index is 13.2. The molecular formula is C19H26N8O10. The van der Waals surface area contributed by atoms with Gasteiger partial charge >= 0.3 is 11.4 Å². The average Bonchev–Trinajstić information content (AvgIpc) is 3.24. The molecule has 0 aromatic carbocycles. The highest BCUT2D eigenvalue weighted by Gasteiger charge is 2.82. The molecule has 2 fully saturated rings. The van der Waals surface area contributed by atoms with E-state index >= 15 is 0 Å². The third kappa shape index (κ3) is 3.25. The summed E-state index contributed by atoms with van der Waals surface area (Å²) in [4.78, 5) is 33.4. The van der Waals surface area contributed by atoms with E-state index in [1.165, 1.54) is 0 Å². The molecule has 37 heavy (non-hydrogen) atoms. The van der Waals surface area contributed by atoms with Crippen molar-refractivity contribution in [3.05, 3.63) is 45.5 Å². The Morgan fingerprint density at radius 1 is 0.946 bits per heavy atom. The molecule has 4 rings (SSSR count). The smallest absolute Gasteiger partial charge is 0.352 e. The van der Waals surface area contributed by atoms with Gasteiger partial charge in [-0.1, -0.05) is 0 Å². The first-order chi connectivity index (χ1) is 17.3. The molecule has 13 N–H and O–H groups in total. The molecule has 2 saturated heterocycles. The average molecular weight is 526 g/mol. The minimum Gasteiger partial charge on any atom is -0.394 e. The summed E-state index contributed by atoms with van der Waals surface area (Å²) in [5, 5.41) is 73.2. The van der Waals surface area contributed by atoms with Gasteiger partial charge in [-0.25, -0.2) is 9.59 Å². The summed E-state index contributed by atoms with van der Waals surface area (Å²) in [5.41, 5.74) is 4.79. The Bertz CT molecular complexity index is 1340. The van der Waals surface area contributed by atoms with Crippen LogP contribution in [0.15, 0.2) is 34.1 Å². The molecule has 2 aromatic rings. The number of aliphatic hydroxyl groups is 6. The molecule has 202 valence electrons. The van der Waals surface area contributed by atoms with Gasteiger partial charge in [-0.05, 0) is 12.1 Å². The first-order valence-corrected chi connectivity index (χ1v) is 10.7. The maximum Gasteiger partial charge on any atom is 0.352 e. The highest BCUT2D eigenvalue weighted by Crippen LogP contribution is 2.57. The third-order valence-corrected chi connectivity index (χ3v) is 6.66. The van der Waals surface area contributed by atoms with Crippen molar-refractivity contribution in [3.63, 3.8) is 0 Å². The lowest BCUT2D eigenvalue weighted by atomic mass is 9.75. The van der Waals surface area contributed by atoms with Crippen LogP contribution in [-0.2, 0) is 20.9 Å². The fourth-order valence-electron chi connectivity index (χ4n) is 5.01. The minimum atomic E-state index is -3.28. The number of hydrogen-bond acceptors (Lipinski definition) is 15. The molecule has 18 heteroatoms. The summed E-state index contributed by atoms with van der Waals surface area (Å²) in [7, 11) is 0. The topological polar surface area (TPSA) is 312 Å². The van der Waals surface area contributed by atoms with E-state index in [9.17, 15) is 40.2 Å². The number of nitrogens with one attached hydrogen (secondary N) is 1. The molecule has 2 aromatic heterocycles. The molecule has 0 bridgehead atoms. The standard InChI is InChI=1S/C19H26N8O10/c20-9-1-3-26(15(33)24-9)18(13(32)11(30)7(5-28)36-18)19(27-4-2-10(21)25-16(27)34)17(35,14(22)23)12(31)8(6-29)37-19/h1-4,7-8,11-13,28-32,35H,5-6H2,(H3,22,23)(H2,20,24,33)(H2,21,25,34)/t7-,8-,11-,12-,13-,17+,18+,19+/m1/s1. The number of aliphatic hydroxyl groups excluding tert-OH is 5. The molecule has 0 radical (unpaired) electrons. The van der Waals surface area contributed by atoms with E-state index in [1.54, 1.807) is 0 Å². The zero-order chi connectivity index (χ0) is 27.5. The Balaban J connectivity index is 2.27. The van der Waals surface area contributed by atoms with Gasteiger partial charge in [0.2, 0.25) is 17.1 Å². The summed E-state index contributed by atoms with van der Waals surface area (Å²) >= 11 is 0. The number of rotatable bonds is 6. The number of nitrogens with zero attached hydrogens (tertiary/aromatic N) is 4. The van der Waals surface area contributed by atoms with Crippen LogP contribution in [0.1, 0.15) is 0 Å². The number of aromatic nitrogens is 4. The van der Waals surface area contributed by atoms with Gasteiger partial charge in [-0.2, -0.15) is 9.97 Å². The molecule has 18 nitrogen and oxygen atoms in total. The van der Waals surface area contributed by atoms with Gasteiger partial charge in [0.15, 0.2) is 0 Å². The fourth-order valence-corrected chi connectivity index (χ4v) is 5.01. The van der Waals surface area contributed by atoms with Gasteiger partial charge in [0.05, 0.1) is 13.2 Å². The van der Waals surface area contributed by atoms with E-state index in [1.807, 2.05) is 0 Å². The molecule has 8 atom stereocenters. The Morgan fingerprint density at radius 2 is 1.46 bits per heavy atom. The zero-order valence-corrected chi connectivity index (χ0v) is 18.9. The van der Waals surface area contributed by atoms with E-state index in [0.717, 1.165) is 24.5 Å². The van der Waals surface area contributed by atoms with Gasteiger partial charge in [0, 0.05) is 12.4 Å². The lowest BCUT2D eigenvalue weighted by Crippen LogP contribution is -2.78. The summed E-state index contributed by atoms with van der Waals surface area (Å²) < 4.78 is 12.6. The number of hydrogen-bond donors (Lipinski definition) is 10. The number of nitrogen functional groups attached to an aromatic ring is 2. The summed E-state index contributed by atoms with van der Waals surface area (Å²) in [6, 6.07) is 2.09. The first-order valence-electron chi connectivity index (χ1n) is 10.7. The molecule has 0 spiro atoms. The van der Waals surface area contributed by atoms with Crippen LogP contribution in [-0.4, -0.2) is 105 Å². The Kier molecular flexibility index (Phi) is 6.33. The van der Waals surface area contributed by atoms with Crippen LogP contribution < -0.4 is 28.6 Å². The Labute approximate surface area is 206 Å². The summed E-state index contributed by atoms with van der Waals surface area (Å²) in [6.45, 7) is -2.00. The van der Waals surface area contributed by atoms with Crippen molar-refractivity contribution >= 4 is 17.5 Å². The highest BCUT2D eigenvalue weighted by atomic mass is 16.6. The van der Waals surface area contributed by atoms with Crippen molar-refractivity contribution < 1.29 is 40.1 Å².